The molecule has 0 fully saturated rings. The Morgan fingerprint density at radius 1 is 1.56 bits per heavy atom. The Morgan fingerprint density at radius 3 is 2.83 bits per heavy atom. The third-order valence-corrected chi connectivity index (χ3v) is 3.18. The molecule has 0 aromatic heterocycles. The van der Waals surface area contributed by atoms with Gasteiger partial charge in [0.25, 0.3) is 5.69 Å². The summed E-state index contributed by atoms with van der Waals surface area (Å²) in [7, 11) is 0. The van der Waals surface area contributed by atoms with Gasteiger partial charge in [0.1, 0.15) is 0 Å². The molecular formula is C12H17BrN2O3. The van der Waals surface area contributed by atoms with Gasteiger partial charge in [-0.25, -0.2) is 0 Å². The predicted octanol–water partition coefficient (Wildman–Crippen LogP) is 2.87. The van der Waals surface area contributed by atoms with Crippen molar-refractivity contribution >= 4 is 21.6 Å². The Balaban J connectivity index is 2.50. The lowest BCUT2D eigenvalue weighted by molar-refractivity contribution is -0.384. The average Bonchev–Trinajstić information content (AvgIpc) is 2.31. The first-order valence-electron chi connectivity index (χ1n) is 5.79. The number of nitrogens with one attached hydrogen (secondary N) is 1. The Morgan fingerprint density at radius 2 is 2.28 bits per heavy atom. The summed E-state index contributed by atoms with van der Waals surface area (Å²) in [4.78, 5) is 10.2. The van der Waals surface area contributed by atoms with Gasteiger partial charge in [-0.1, -0.05) is 15.9 Å². The molecule has 0 saturated carbocycles. The van der Waals surface area contributed by atoms with E-state index in [9.17, 15) is 10.1 Å². The second-order valence-corrected chi connectivity index (χ2v) is 4.78. The summed E-state index contributed by atoms with van der Waals surface area (Å²) in [6.07, 6.45) is 0.159. The molecule has 0 aliphatic heterocycles. The minimum Gasteiger partial charge on any atom is -0.377 e. The topological polar surface area (TPSA) is 64.4 Å². The van der Waals surface area contributed by atoms with Crippen LogP contribution in [-0.2, 0) is 11.3 Å². The van der Waals surface area contributed by atoms with Crippen molar-refractivity contribution in [2.24, 2.45) is 0 Å². The minimum atomic E-state index is -0.404. The Kier molecular flexibility index (Phi) is 6.24. The summed E-state index contributed by atoms with van der Waals surface area (Å²) in [5, 5.41) is 13.8. The van der Waals surface area contributed by atoms with Gasteiger partial charge in [0.15, 0.2) is 0 Å². The SMILES string of the molecule is CCOC(C)CNCc1ccc([N+](=O)[O-])cc1Br. The summed E-state index contributed by atoms with van der Waals surface area (Å²) in [5.74, 6) is 0. The Labute approximate surface area is 115 Å². The van der Waals surface area contributed by atoms with Crippen LogP contribution >= 0.6 is 15.9 Å². The zero-order chi connectivity index (χ0) is 13.5. The molecule has 0 radical (unpaired) electrons. The largest absolute Gasteiger partial charge is 0.377 e. The number of rotatable bonds is 7. The summed E-state index contributed by atoms with van der Waals surface area (Å²) < 4.78 is 6.14. The molecule has 0 saturated heterocycles. The van der Waals surface area contributed by atoms with Gasteiger partial charge in [-0.2, -0.15) is 0 Å². The molecule has 0 aliphatic carbocycles. The van der Waals surface area contributed by atoms with Crippen molar-refractivity contribution in [2.75, 3.05) is 13.2 Å². The van der Waals surface area contributed by atoms with Gasteiger partial charge >= 0.3 is 0 Å². The molecule has 5 nitrogen and oxygen atoms in total. The molecule has 100 valence electrons. The summed E-state index contributed by atoms with van der Waals surface area (Å²) in [5.41, 5.74) is 1.08. The molecule has 18 heavy (non-hydrogen) atoms. The second kappa shape index (κ2) is 7.45. The molecule has 0 bridgehead atoms. The standard InChI is InChI=1S/C12H17BrN2O3/c1-3-18-9(2)7-14-8-10-4-5-11(15(16)17)6-12(10)13/h4-6,9,14H,3,7-8H2,1-2H3. The van der Waals surface area contributed by atoms with Crippen LogP contribution in [0.2, 0.25) is 0 Å². The molecule has 0 amide bonds. The van der Waals surface area contributed by atoms with E-state index in [0.717, 1.165) is 16.6 Å². The zero-order valence-corrected chi connectivity index (χ0v) is 12.1. The van der Waals surface area contributed by atoms with Gasteiger partial charge in [-0.3, -0.25) is 10.1 Å². The van der Waals surface area contributed by atoms with Crippen LogP contribution in [0, 0.1) is 10.1 Å². The maximum atomic E-state index is 10.6. The first-order chi connectivity index (χ1) is 8.54. The summed E-state index contributed by atoms with van der Waals surface area (Å²) >= 11 is 3.34. The normalized spacial score (nSPS) is 12.4. The number of benzene rings is 1. The van der Waals surface area contributed by atoms with Crippen LogP contribution in [-0.4, -0.2) is 24.2 Å². The highest BCUT2D eigenvalue weighted by Gasteiger charge is 2.09. The van der Waals surface area contributed by atoms with Gasteiger partial charge in [0, 0.05) is 36.3 Å². The van der Waals surface area contributed by atoms with Crippen LogP contribution in [0.3, 0.4) is 0 Å². The summed E-state index contributed by atoms with van der Waals surface area (Å²) in [6.45, 7) is 6.06. The van der Waals surface area contributed by atoms with E-state index in [1.165, 1.54) is 12.1 Å². The van der Waals surface area contributed by atoms with Crippen molar-refractivity contribution in [3.63, 3.8) is 0 Å². The molecule has 6 heteroatoms. The number of nitro benzene ring substituents is 1. The first-order valence-corrected chi connectivity index (χ1v) is 6.59. The summed E-state index contributed by atoms with van der Waals surface area (Å²) in [6, 6.07) is 4.78. The van der Waals surface area contributed by atoms with Crippen LogP contribution in [0.25, 0.3) is 0 Å². The van der Waals surface area contributed by atoms with E-state index in [1.807, 2.05) is 13.8 Å². The van der Waals surface area contributed by atoms with E-state index in [4.69, 9.17) is 4.74 Å². The van der Waals surface area contributed by atoms with Crippen LogP contribution in [0.1, 0.15) is 19.4 Å². The average molecular weight is 317 g/mol. The Bertz CT molecular complexity index is 412. The number of nitrogens with zero attached hydrogens (tertiary/aromatic N) is 1. The van der Waals surface area contributed by atoms with Gasteiger partial charge in [0.2, 0.25) is 0 Å². The highest BCUT2D eigenvalue weighted by atomic mass is 79.9. The highest BCUT2D eigenvalue weighted by Crippen LogP contribution is 2.22. The quantitative estimate of drug-likeness (QED) is 0.620. The number of halogens is 1. The first kappa shape index (κ1) is 15.1. The van der Waals surface area contributed by atoms with E-state index in [0.29, 0.717) is 13.2 Å². The van der Waals surface area contributed by atoms with Crippen molar-refractivity contribution in [3.05, 3.63) is 38.3 Å². The van der Waals surface area contributed by atoms with E-state index in [-0.39, 0.29) is 11.8 Å². The van der Waals surface area contributed by atoms with E-state index < -0.39 is 4.92 Å². The minimum absolute atomic E-state index is 0.0910. The third-order valence-electron chi connectivity index (χ3n) is 2.45. The number of nitro groups is 1. The molecule has 1 unspecified atom stereocenters. The third kappa shape index (κ3) is 4.72. The van der Waals surface area contributed by atoms with Crippen LogP contribution in [0.5, 0.6) is 0 Å². The van der Waals surface area contributed by atoms with Crippen molar-refractivity contribution in [3.8, 4) is 0 Å². The molecule has 1 atom stereocenters. The van der Waals surface area contributed by atoms with Crippen molar-refractivity contribution in [1.82, 2.24) is 5.32 Å². The number of hydrogen-bond acceptors (Lipinski definition) is 4. The zero-order valence-electron chi connectivity index (χ0n) is 10.5. The Hall–Kier alpha value is -0.980. The van der Waals surface area contributed by atoms with Crippen LogP contribution in [0.15, 0.2) is 22.7 Å². The second-order valence-electron chi connectivity index (χ2n) is 3.93. The molecule has 0 aliphatic rings. The monoisotopic (exact) mass is 316 g/mol. The molecule has 1 aromatic rings. The van der Waals surface area contributed by atoms with E-state index in [2.05, 4.69) is 21.2 Å². The van der Waals surface area contributed by atoms with Crippen molar-refractivity contribution in [1.29, 1.82) is 0 Å². The molecule has 1 N–H and O–H groups in total. The lowest BCUT2D eigenvalue weighted by Gasteiger charge is -2.13. The highest BCUT2D eigenvalue weighted by molar-refractivity contribution is 9.10. The van der Waals surface area contributed by atoms with Gasteiger partial charge in [0.05, 0.1) is 11.0 Å². The number of non-ortho nitro benzene ring substituents is 1. The molecule has 1 rings (SSSR count). The molecule has 0 spiro atoms. The fourth-order valence-corrected chi connectivity index (χ4v) is 2.05. The van der Waals surface area contributed by atoms with Crippen molar-refractivity contribution < 1.29 is 9.66 Å². The van der Waals surface area contributed by atoms with Gasteiger partial charge in [-0.05, 0) is 25.5 Å². The molecular weight excluding hydrogens is 300 g/mol. The maximum Gasteiger partial charge on any atom is 0.270 e. The smallest absolute Gasteiger partial charge is 0.270 e. The number of hydrogen-bond donors (Lipinski definition) is 1. The van der Waals surface area contributed by atoms with Crippen molar-refractivity contribution in [2.45, 2.75) is 26.5 Å². The van der Waals surface area contributed by atoms with Gasteiger partial charge < -0.3 is 10.1 Å². The molecule has 1 aromatic carbocycles. The lowest BCUT2D eigenvalue weighted by atomic mass is 10.2. The fourth-order valence-electron chi connectivity index (χ4n) is 1.55. The predicted molar refractivity (Wildman–Crippen MR) is 73.6 cm³/mol. The fraction of sp³-hybridized carbons (Fsp3) is 0.500. The lowest BCUT2D eigenvalue weighted by Crippen LogP contribution is -2.26. The van der Waals surface area contributed by atoms with Gasteiger partial charge in [-0.15, -0.1) is 0 Å². The van der Waals surface area contributed by atoms with E-state index in [1.54, 1.807) is 6.07 Å². The maximum absolute atomic E-state index is 10.6. The van der Waals surface area contributed by atoms with E-state index >= 15 is 0 Å². The molecule has 0 heterocycles. The van der Waals surface area contributed by atoms with Crippen LogP contribution in [0.4, 0.5) is 5.69 Å². The van der Waals surface area contributed by atoms with Crippen LogP contribution < -0.4 is 5.32 Å². The number of ether oxygens (including phenoxy) is 1.